The van der Waals surface area contributed by atoms with Gasteiger partial charge in [-0.15, -0.1) is 0 Å². The van der Waals surface area contributed by atoms with Gasteiger partial charge in [0.2, 0.25) is 0 Å². The van der Waals surface area contributed by atoms with Crippen LogP contribution >= 0.6 is 0 Å². The number of aliphatic hydroxyl groups excluding tert-OH is 2. The Morgan fingerprint density at radius 1 is 0.567 bits per heavy atom. The van der Waals surface area contributed by atoms with Gasteiger partial charge < -0.3 is 30.6 Å². The van der Waals surface area contributed by atoms with Crippen LogP contribution in [0.5, 0.6) is 0 Å². The first-order valence-electron chi connectivity index (χ1n) is 9.38. The molecule has 0 bridgehead atoms. The van der Waals surface area contributed by atoms with Crippen molar-refractivity contribution in [2.75, 3.05) is 13.2 Å². The molecule has 170 valence electrons. The van der Waals surface area contributed by atoms with Crippen molar-refractivity contribution in [1.29, 1.82) is 0 Å². The Morgan fingerprint density at radius 3 is 1.13 bits per heavy atom. The van der Waals surface area contributed by atoms with E-state index in [1.807, 2.05) is 0 Å². The van der Waals surface area contributed by atoms with Crippen molar-refractivity contribution in [1.82, 2.24) is 0 Å². The van der Waals surface area contributed by atoms with Crippen LogP contribution in [-0.2, 0) is 9.59 Å². The molecule has 30 heavy (non-hydrogen) atoms. The van der Waals surface area contributed by atoms with E-state index >= 15 is 0 Å². The second kappa shape index (κ2) is 19.3. The molecular weight excluding hydrogens is 400 g/mol. The van der Waals surface area contributed by atoms with Gasteiger partial charge in [0.15, 0.2) is 0 Å². The van der Waals surface area contributed by atoms with Crippen molar-refractivity contribution < 1.29 is 49.8 Å². The number of aliphatic carboxylic acids is 2. The smallest absolute Gasteiger partial charge is 0.336 e. The van der Waals surface area contributed by atoms with Gasteiger partial charge in [-0.1, -0.05) is 25.0 Å². The van der Waals surface area contributed by atoms with Crippen molar-refractivity contribution in [2.24, 2.45) is 0 Å². The van der Waals surface area contributed by atoms with Gasteiger partial charge in [0.05, 0.1) is 11.1 Å². The molecule has 0 radical (unpaired) electrons. The number of carbonyl (C=O) groups is 4. The lowest BCUT2D eigenvalue weighted by Crippen LogP contribution is -2.06. The van der Waals surface area contributed by atoms with Crippen LogP contribution in [0.3, 0.4) is 0 Å². The molecule has 0 fully saturated rings. The minimum atomic E-state index is -1.23. The van der Waals surface area contributed by atoms with Crippen LogP contribution in [0.1, 0.15) is 72.1 Å². The molecule has 1 aromatic rings. The third kappa shape index (κ3) is 18.4. The van der Waals surface area contributed by atoms with Gasteiger partial charge in [-0.05, 0) is 37.8 Å². The summed E-state index contributed by atoms with van der Waals surface area (Å²) < 4.78 is 0. The normalized spacial score (nSPS) is 9.40. The lowest BCUT2D eigenvalue weighted by molar-refractivity contribution is -0.139. The summed E-state index contributed by atoms with van der Waals surface area (Å²) in [6.45, 7) is 0.566. The molecule has 0 aliphatic carbocycles. The van der Waals surface area contributed by atoms with E-state index in [2.05, 4.69) is 0 Å². The summed E-state index contributed by atoms with van der Waals surface area (Å²) in [7, 11) is 0. The molecule has 10 heteroatoms. The van der Waals surface area contributed by atoms with Crippen LogP contribution in [0.2, 0.25) is 0 Å². The minimum absolute atomic E-state index is 0.0628. The molecule has 1 rings (SSSR count). The van der Waals surface area contributed by atoms with Crippen LogP contribution in [-0.4, -0.2) is 67.7 Å². The molecule has 0 aromatic heterocycles. The minimum Gasteiger partial charge on any atom is -0.481 e. The number of aromatic carboxylic acids is 2. The van der Waals surface area contributed by atoms with Gasteiger partial charge in [0, 0.05) is 26.1 Å². The lowest BCUT2D eigenvalue weighted by atomic mass is 10.1. The first-order chi connectivity index (χ1) is 14.2. The molecule has 0 aliphatic heterocycles. The van der Waals surface area contributed by atoms with Crippen LogP contribution in [0.15, 0.2) is 24.3 Å². The first-order valence-corrected chi connectivity index (χ1v) is 9.38. The second-order valence-corrected chi connectivity index (χ2v) is 6.01. The number of unbranched alkanes of at least 4 members (excludes halogenated alkanes) is 4. The number of benzene rings is 1. The Hall–Kier alpha value is -2.98. The number of carboxylic acid groups (broad SMARTS) is 4. The van der Waals surface area contributed by atoms with Crippen molar-refractivity contribution in [3.8, 4) is 0 Å². The van der Waals surface area contributed by atoms with Gasteiger partial charge in [-0.2, -0.15) is 0 Å². The maximum atomic E-state index is 10.5. The van der Waals surface area contributed by atoms with E-state index in [0.717, 1.165) is 25.7 Å². The van der Waals surface area contributed by atoms with E-state index in [4.69, 9.17) is 30.6 Å². The third-order valence-electron chi connectivity index (χ3n) is 3.49. The highest BCUT2D eigenvalue weighted by Gasteiger charge is 2.13. The van der Waals surface area contributed by atoms with Gasteiger partial charge in [-0.3, -0.25) is 9.59 Å². The number of hydrogen-bond donors (Lipinski definition) is 6. The number of rotatable bonds is 12. The molecule has 0 saturated heterocycles. The lowest BCUT2D eigenvalue weighted by Gasteiger charge is -1.98. The molecule has 0 unspecified atom stereocenters. The van der Waals surface area contributed by atoms with Gasteiger partial charge in [-0.25, -0.2) is 9.59 Å². The summed E-state index contributed by atoms with van der Waals surface area (Å²) in [6.07, 6.45) is 4.85. The van der Waals surface area contributed by atoms with E-state index in [1.165, 1.54) is 24.3 Å². The molecule has 0 aliphatic rings. The van der Waals surface area contributed by atoms with E-state index < -0.39 is 23.9 Å². The average Bonchev–Trinajstić information content (AvgIpc) is 2.69. The maximum absolute atomic E-state index is 10.5. The second-order valence-electron chi connectivity index (χ2n) is 6.01. The molecule has 6 N–H and O–H groups in total. The molecule has 0 heterocycles. The van der Waals surface area contributed by atoms with E-state index in [0.29, 0.717) is 12.8 Å². The largest absolute Gasteiger partial charge is 0.481 e. The predicted molar refractivity (Wildman–Crippen MR) is 107 cm³/mol. The Bertz CT molecular complexity index is 587. The topological polar surface area (TPSA) is 190 Å². The predicted octanol–water partition coefficient (Wildman–Crippen LogP) is 2.33. The summed E-state index contributed by atoms with van der Waals surface area (Å²) in [5.41, 5.74) is -0.380. The zero-order valence-corrected chi connectivity index (χ0v) is 16.7. The number of carboxylic acids is 4. The van der Waals surface area contributed by atoms with E-state index in [9.17, 15) is 19.2 Å². The first kappa shape index (κ1) is 29.2. The zero-order valence-electron chi connectivity index (χ0n) is 16.7. The zero-order chi connectivity index (χ0) is 23.4. The molecule has 0 spiro atoms. The van der Waals surface area contributed by atoms with Crippen LogP contribution in [0, 0.1) is 0 Å². The SMILES string of the molecule is O=C(O)CCCCC(=O)O.O=C(O)c1ccccc1C(=O)O.OCCCCCCO. The van der Waals surface area contributed by atoms with Gasteiger partial charge in [0.25, 0.3) is 0 Å². The van der Waals surface area contributed by atoms with Crippen LogP contribution in [0.25, 0.3) is 0 Å². The van der Waals surface area contributed by atoms with Gasteiger partial charge in [0.1, 0.15) is 0 Å². The highest BCUT2D eigenvalue weighted by Crippen LogP contribution is 2.07. The van der Waals surface area contributed by atoms with Crippen molar-refractivity contribution >= 4 is 23.9 Å². The third-order valence-corrected chi connectivity index (χ3v) is 3.49. The fourth-order valence-corrected chi connectivity index (χ4v) is 1.99. The standard InChI is InChI=1S/C8H6O4.C6H10O4.C6H14O2/c9-7(10)5-3-1-2-4-6(5)8(11)12;7-5(8)3-1-2-4-6(9)10;7-5-3-1-2-4-6-8/h1-4H,(H,9,10)(H,11,12);1-4H2,(H,7,8)(H,9,10);7-8H,1-6H2. The van der Waals surface area contributed by atoms with Crippen molar-refractivity contribution in [2.45, 2.75) is 51.4 Å². The van der Waals surface area contributed by atoms with Gasteiger partial charge >= 0.3 is 23.9 Å². The highest BCUT2D eigenvalue weighted by molar-refractivity contribution is 6.01. The van der Waals surface area contributed by atoms with Crippen molar-refractivity contribution in [3.63, 3.8) is 0 Å². The Kier molecular flexibility index (Phi) is 18.8. The Morgan fingerprint density at radius 2 is 0.900 bits per heavy atom. The monoisotopic (exact) mass is 430 g/mol. The maximum Gasteiger partial charge on any atom is 0.336 e. The molecule has 10 nitrogen and oxygen atoms in total. The number of aliphatic hydroxyl groups is 2. The van der Waals surface area contributed by atoms with E-state index in [-0.39, 0.29) is 37.2 Å². The summed E-state index contributed by atoms with van der Waals surface area (Å²) in [4.78, 5) is 40.7. The summed E-state index contributed by atoms with van der Waals surface area (Å²) in [5, 5.41) is 50.0. The average molecular weight is 430 g/mol. The Balaban J connectivity index is 0. The summed E-state index contributed by atoms with van der Waals surface area (Å²) in [6, 6.07) is 5.48. The fraction of sp³-hybridized carbons (Fsp3) is 0.500. The fourth-order valence-electron chi connectivity index (χ4n) is 1.99. The molecule has 0 amide bonds. The molecule has 1 aromatic carbocycles. The molecular formula is C20H30O10. The number of hydrogen-bond acceptors (Lipinski definition) is 6. The van der Waals surface area contributed by atoms with Crippen molar-refractivity contribution in [3.05, 3.63) is 35.4 Å². The van der Waals surface area contributed by atoms with Crippen LogP contribution in [0.4, 0.5) is 0 Å². The molecule has 0 saturated carbocycles. The molecule has 0 atom stereocenters. The summed E-state index contributed by atoms with van der Waals surface area (Å²) >= 11 is 0. The Labute approximate surface area is 174 Å². The summed E-state index contributed by atoms with van der Waals surface area (Å²) in [5.74, 6) is -4.20. The highest BCUT2D eigenvalue weighted by atomic mass is 16.4. The van der Waals surface area contributed by atoms with E-state index in [1.54, 1.807) is 0 Å². The van der Waals surface area contributed by atoms with Crippen LogP contribution < -0.4 is 0 Å². The quantitative estimate of drug-likeness (QED) is 0.268.